The molecule has 0 heterocycles. The fourth-order valence-corrected chi connectivity index (χ4v) is 2.96. The van der Waals surface area contributed by atoms with Gasteiger partial charge >= 0.3 is 5.97 Å². The van der Waals surface area contributed by atoms with E-state index in [4.69, 9.17) is 9.47 Å². The summed E-state index contributed by atoms with van der Waals surface area (Å²) in [6, 6.07) is 13.8. The van der Waals surface area contributed by atoms with E-state index in [1.165, 1.54) is 0 Å². The Labute approximate surface area is 183 Å². The number of amides is 2. The van der Waals surface area contributed by atoms with Gasteiger partial charge in [-0.3, -0.25) is 9.59 Å². The second-order valence-electron chi connectivity index (χ2n) is 7.57. The summed E-state index contributed by atoms with van der Waals surface area (Å²) in [5, 5.41) is 5.44. The monoisotopic (exact) mass is 426 g/mol. The van der Waals surface area contributed by atoms with E-state index in [-0.39, 0.29) is 11.8 Å². The first kappa shape index (κ1) is 23.9. The molecule has 0 radical (unpaired) electrons. The summed E-state index contributed by atoms with van der Waals surface area (Å²) >= 11 is 0. The molecule has 0 aliphatic carbocycles. The molecular weight excluding hydrogens is 396 g/mol. The van der Waals surface area contributed by atoms with Crippen LogP contribution in [0.25, 0.3) is 0 Å². The van der Waals surface area contributed by atoms with E-state index >= 15 is 0 Å². The highest BCUT2D eigenvalue weighted by Gasteiger charge is 2.27. The molecular formula is C24H30N2O5. The maximum absolute atomic E-state index is 12.5. The van der Waals surface area contributed by atoms with E-state index in [9.17, 15) is 14.4 Å². The largest absolute Gasteiger partial charge is 0.497 e. The van der Waals surface area contributed by atoms with E-state index in [1.54, 1.807) is 33.1 Å². The van der Waals surface area contributed by atoms with Gasteiger partial charge in [-0.25, -0.2) is 4.79 Å². The molecule has 0 aliphatic rings. The quantitative estimate of drug-likeness (QED) is 0.570. The highest BCUT2D eigenvalue weighted by atomic mass is 16.5. The number of ether oxygens (including phenoxy) is 2. The first-order valence-corrected chi connectivity index (χ1v) is 10.2. The lowest BCUT2D eigenvalue weighted by Crippen LogP contribution is -2.46. The normalized spacial score (nSPS) is 11.5. The molecule has 7 heteroatoms. The van der Waals surface area contributed by atoms with Gasteiger partial charge in [0.25, 0.3) is 11.8 Å². The third kappa shape index (κ3) is 7.44. The first-order chi connectivity index (χ1) is 14.8. The van der Waals surface area contributed by atoms with Crippen LogP contribution in [0.3, 0.4) is 0 Å². The average Bonchev–Trinajstić information content (AvgIpc) is 2.76. The number of hydrogen-bond acceptors (Lipinski definition) is 5. The van der Waals surface area contributed by atoms with Crippen LogP contribution in [0.5, 0.6) is 5.75 Å². The molecule has 0 unspecified atom stereocenters. The minimum Gasteiger partial charge on any atom is -0.497 e. The minimum atomic E-state index is -0.848. The van der Waals surface area contributed by atoms with Crippen LogP contribution in [-0.2, 0) is 20.7 Å². The van der Waals surface area contributed by atoms with Crippen molar-refractivity contribution in [3.8, 4) is 5.75 Å². The molecule has 0 fully saturated rings. The molecule has 2 rings (SSSR count). The van der Waals surface area contributed by atoms with Crippen molar-refractivity contribution in [1.29, 1.82) is 0 Å². The Morgan fingerprint density at radius 1 is 1.00 bits per heavy atom. The summed E-state index contributed by atoms with van der Waals surface area (Å²) in [5.41, 5.74) is 2.36. The molecule has 2 amide bonds. The van der Waals surface area contributed by atoms with Crippen LogP contribution in [0.2, 0.25) is 0 Å². The van der Waals surface area contributed by atoms with Gasteiger partial charge in [0, 0.05) is 12.1 Å². The van der Waals surface area contributed by atoms with Gasteiger partial charge in [0.1, 0.15) is 11.8 Å². The van der Waals surface area contributed by atoms with Gasteiger partial charge < -0.3 is 20.1 Å². The van der Waals surface area contributed by atoms with Crippen LogP contribution in [0.1, 0.15) is 35.3 Å². The smallest absolute Gasteiger partial charge is 0.329 e. The molecule has 0 saturated heterocycles. The molecule has 0 spiro atoms. The van der Waals surface area contributed by atoms with E-state index in [0.29, 0.717) is 18.5 Å². The Balaban J connectivity index is 1.80. The van der Waals surface area contributed by atoms with Crippen molar-refractivity contribution in [3.05, 3.63) is 65.2 Å². The average molecular weight is 427 g/mol. The van der Waals surface area contributed by atoms with Gasteiger partial charge in [0.15, 0.2) is 6.61 Å². The molecule has 2 aromatic carbocycles. The van der Waals surface area contributed by atoms with Gasteiger partial charge in [-0.05, 0) is 48.6 Å². The fourth-order valence-electron chi connectivity index (χ4n) is 2.96. The van der Waals surface area contributed by atoms with Gasteiger partial charge in [0.05, 0.1) is 7.11 Å². The van der Waals surface area contributed by atoms with Crippen molar-refractivity contribution < 1.29 is 23.9 Å². The number of carbonyl (C=O) groups is 3. The van der Waals surface area contributed by atoms with Gasteiger partial charge in [-0.15, -0.1) is 0 Å². The van der Waals surface area contributed by atoms with Crippen molar-refractivity contribution in [3.63, 3.8) is 0 Å². The highest BCUT2D eigenvalue weighted by molar-refractivity contribution is 5.98. The number of carbonyl (C=O) groups excluding carboxylic acids is 3. The molecule has 0 aromatic heterocycles. The molecule has 7 nitrogen and oxygen atoms in total. The SMILES string of the molecule is COc1ccc(CCNC(=O)COC(=O)[C@@H](NC(=O)c2ccccc2C)C(C)C)cc1. The third-order valence-electron chi connectivity index (χ3n) is 4.84. The number of rotatable bonds is 10. The predicted molar refractivity (Wildman–Crippen MR) is 118 cm³/mol. The fraction of sp³-hybridized carbons (Fsp3) is 0.375. The van der Waals surface area contributed by atoms with Gasteiger partial charge in [-0.1, -0.05) is 44.2 Å². The minimum absolute atomic E-state index is 0.196. The van der Waals surface area contributed by atoms with Crippen LogP contribution >= 0.6 is 0 Å². The maximum Gasteiger partial charge on any atom is 0.329 e. The number of hydrogen-bond donors (Lipinski definition) is 2. The summed E-state index contributed by atoms with van der Waals surface area (Å²) in [5.74, 6) is -0.804. The summed E-state index contributed by atoms with van der Waals surface area (Å²) < 4.78 is 10.3. The summed E-state index contributed by atoms with van der Waals surface area (Å²) in [6.45, 7) is 5.46. The summed E-state index contributed by atoms with van der Waals surface area (Å²) in [4.78, 5) is 37.0. The molecule has 31 heavy (non-hydrogen) atoms. The number of methoxy groups -OCH3 is 1. The van der Waals surface area contributed by atoms with Crippen molar-refractivity contribution in [2.75, 3.05) is 20.3 Å². The van der Waals surface area contributed by atoms with Gasteiger partial charge in [0.2, 0.25) is 0 Å². The van der Waals surface area contributed by atoms with Crippen molar-refractivity contribution >= 4 is 17.8 Å². The zero-order valence-electron chi connectivity index (χ0n) is 18.4. The van der Waals surface area contributed by atoms with E-state index in [2.05, 4.69) is 10.6 Å². The zero-order valence-corrected chi connectivity index (χ0v) is 18.4. The first-order valence-electron chi connectivity index (χ1n) is 10.2. The Bertz CT molecular complexity index is 893. The third-order valence-corrected chi connectivity index (χ3v) is 4.84. The highest BCUT2D eigenvalue weighted by Crippen LogP contribution is 2.12. The Hall–Kier alpha value is -3.35. The van der Waals surface area contributed by atoms with E-state index in [0.717, 1.165) is 16.9 Å². The number of aryl methyl sites for hydroxylation is 1. The predicted octanol–water partition coefficient (Wildman–Crippen LogP) is 2.66. The Kier molecular flexibility index (Phi) is 9.06. The maximum atomic E-state index is 12.5. The molecule has 0 saturated carbocycles. The molecule has 2 aromatic rings. The molecule has 1 atom stereocenters. The Morgan fingerprint density at radius 3 is 2.29 bits per heavy atom. The van der Waals surface area contributed by atoms with Gasteiger partial charge in [-0.2, -0.15) is 0 Å². The van der Waals surface area contributed by atoms with Crippen molar-refractivity contribution in [2.45, 2.75) is 33.2 Å². The number of esters is 1. The molecule has 0 bridgehead atoms. The van der Waals surface area contributed by atoms with Crippen molar-refractivity contribution in [2.24, 2.45) is 5.92 Å². The second kappa shape index (κ2) is 11.7. The lowest BCUT2D eigenvalue weighted by atomic mass is 10.0. The Morgan fingerprint density at radius 2 is 1.68 bits per heavy atom. The van der Waals surface area contributed by atoms with Crippen LogP contribution < -0.4 is 15.4 Å². The topological polar surface area (TPSA) is 93.7 Å². The van der Waals surface area contributed by atoms with Crippen LogP contribution in [0, 0.1) is 12.8 Å². The molecule has 166 valence electrons. The second-order valence-corrected chi connectivity index (χ2v) is 7.57. The van der Waals surface area contributed by atoms with Crippen LogP contribution in [0.15, 0.2) is 48.5 Å². The standard InChI is InChI=1S/C24H30N2O5/c1-16(2)22(26-23(28)20-8-6-5-7-17(20)3)24(29)31-15-21(27)25-14-13-18-9-11-19(30-4)12-10-18/h5-12,16,22H,13-15H2,1-4H3,(H,25,27)(H,26,28)/t22-/m0/s1. The number of nitrogens with one attached hydrogen (secondary N) is 2. The lowest BCUT2D eigenvalue weighted by molar-refractivity contribution is -0.151. The zero-order chi connectivity index (χ0) is 22.8. The van der Waals surface area contributed by atoms with E-state index in [1.807, 2.05) is 43.3 Å². The van der Waals surface area contributed by atoms with Crippen molar-refractivity contribution in [1.82, 2.24) is 10.6 Å². The van der Waals surface area contributed by atoms with Crippen LogP contribution in [-0.4, -0.2) is 44.1 Å². The number of benzene rings is 2. The summed E-state index contributed by atoms with van der Waals surface area (Å²) in [7, 11) is 1.61. The van der Waals surface area contributed by atoms with Crippen LogP contribution in [0.4, 0.5) is 0 Å². The van der Waals surface area contributed by atoms with E-state index < -0.39 is 24.5 Å². The molecule has 0 aliphatic heterocycles. The lowest BCUT2D eigenvalue weighted by Gasteiger charge is -2.21. The molecule has 2 N–H and O–H groups in total. The summed E-state index contributed by atoms with van der Waals surface area (Å²) in [6.07, 6.45) is 0.644.